The third-order valence-corrected chi connectivity index (χ3v) is 1.72. The van der Waals surface area contributed by atoms with E-state index in [1.807, 2.05) is 14.0 Å². The molecule has 0 bridgehead atoms. The van der Waals surface area contributed by atoms with Crippen LogP contribution in [0.3, 0.4) is 0 Å². The fourth-order valence-electron chi connectivity index (χ4n) is 1.03. The molecule has 1 unspecified atom stereocenters. The molecular formula is C7H13N5O. The number of nitrogens with zero attached hydrogens (tertiary/aromatic N) is 3. The van der Waals surface area contributed by atoms with Gasteiger partial charge >= 0.3 is 0 Å². The molecule has 0 spiro atoms. The highest BCUT2D eigenvalue weighted by Gasteiger charge is 2.10. The molecule has 0 aromatic carbocycles. The van der Waals surface area contributed by atoms with Crippen molar-refractivity contribution in [2.75, 3.05) is 6.54 Å². The Hall–Kier alpha value is -1.43. The summed E-state index contributed by atoms with van der Waals surface area (Å²) >= 11 is 0. The molecule has 1 aromatic rings. The summed E-state index contributed by atoms with van der Waals surface area (Å²) < 4.78 is 1.79. The fraction of sp³-hybridized carbons (Fsp3) is 0.571. The van der Waals surface area contributed by atoms with Crippen LogP contribution in [0.25, 0.3) is 0 Å². The number of rotatable bonds is 4. The van der Waals surface area contributed by atoms with Crippen molar-refractivity contribution in [2.45, 2.75) is 13.0 Å². The van der Waals surface area contributed by atoms with E-state index in [0.29, 0.717) is 0 Å². The Morgan fingerprint density at radius 1 is 1.85 bits per heavy atom. The first-order valence-electron chi connectivity index (χ1n) is 3.97. The van der Waals surface area contributed by atoms with Crippen LogP contribution in [0.5, 0.6) is 0 Å². The number of nitrogens with one attached hydrogen (secondary N) is 1. The highest BCUT2D eigenvalue weighted by molar-refractivity contribution is 5.75. The smallest absolute Gasteiger partial charge is 0.231 e. The maximum atomic E-state index is 10.5. The number of carbonyl (C=O) groups is 1. The van der Waals surface area contributed by atoms with Gasteiger partial charge in [0, 0.05) is 7.05 Å². The first-order chi connectivity index (χ1) is 6.11. The van der Waals surface area contributed by atoms with Crippen LogP contribution >= 0.6 is 0 Å². The average molecular weight is 183 g/mol. The van der Waals surface area contributed by atoms with Crippen molar-refractivity contribution in [2.24, 2.45) is 12.8 Å². The Morgan fingerprint density at radius 2 is 2.54 bits per heavy atom. The normalized spacial score (nSPS) is 12.8. The number of hydrogen-bond donors (Lipinski definition) is 2. The lowest BCUT2D eigenvalue weighted by molar-refractivity contribution is -0.117. The molecule has 6 nitrogen and oxygen atoms in total. The highest BCUT2D eigenvalue weighted by Crippen LogP contribution is 2.05. The van der Waals surface area contributed by atoms with Crippen molar-refractivity contribution in [1.29, 1.82) is 0 Å². The predicted molar refractivity (Wildman–Crippen MR) is 46.6 cm³/mol. The monoisotopic (exact) mass is 183 g/mol. The van der Waals surface area contributed by atoms with E-state index < -0.39 is 0 Å². The molecule has 0 aliphatic carbocycles. The summed E-state index contributed by atoms with van der Waals surface area (Å²) in [5, 5.41) is 10.5. The lowest BCUT2D eigenvalue weighted by atomic mass is 10.3. The van der Waals surface area contributed by atoms with E-state index in [2.05, 4.69) is 15.5 Å². The Bertz CT molecular complexity index is 295. The van der Waals surface area contributed by atoms with E-state index in [4.69, 9.17) is 5.73 Å². The second-order valence-electron chi connectivity index (χ2n) is 2.87. The van der Waals surface area contributed by atoms with Gasteiger partial charge in [0.1, 0.15) is 12.2 Å². The number of hydrogen-bond acceptors (Lipinski definition) is 4. The summed E-state index contributed by atoms with van der Waals surface area (Å²) in [6, 6.07) is -0.0278. The minimum Gasteiger partial charge on any atom is -0.369 e. The Kier molecular flexibility index (Phi) is 2.97. The molecule has 13 heavy (non-hydrogen) atoms. The van der Waals surface area contributed by atoms with Crippen LogP contribution in [-0.4, -0.2) is 27.2 Å². The zero-order valence-corrected chi connectivity index (χ0v) is 7.69. The summed E-state index contributed by atoms with van der Waals surface area (Å²) in [4.78, 5) is 10.5. The molecule has 1 amide bonds. The van der Waals surface area contributed by atoms with Gasteiger partial charge in [-0.3, -0.25) is 10.1 Å². The number of aromatic nitrogens is 3. The van der Waals surface area contributed by atoms with Gasteiger partial charge in [-0.05, 0) is 6.92 Å². The predicted octanol–water partition coefficient (Wildman–Crippen LogP) is -1.05. The maximum Gasteiger partial charge on any atom is 0.231 e. The first-order valence-corrected chi connectivity index (χ1v) is 3.97. The average Bonchev–Trinajstić information content (AvgIpc) is 2.47. The van der Waals surface area contributed by atoms with E-state index in [9.17, 15) is 4.79 Å². The molecule has 72 valence electrons. The van der Waals surface area contributed by atoms with Gasteiger partial charge in [-0.1, -0.05) is 0 Å². The van der Waals surface area contributed by atoms with Crippen LogP contribution in [0, 0.1) is 0 Å². The first kappa shape index (κ1) is 9.66. The van der Waals surface area contributed by atoms with E-state index in [0.717, 1.165) is 5.82 Å². The molecule has 0 aliphatic rings. The van der Waals surface area contributed by atoms with Crippen LogP contribution in [0.2, 0.25) is 0 Å². The van der Waals surface area contributed by atoms with Crippen LogP contribution in [0.1, 0.15) is 18.8 Å². The fourth-order valence-corrected chi connectivity index (χ4v) is 1.03. The molecule has 1 heterocycles. The van der Waals surface area contributed by atoms with Gasteiger partial charge in [-0.25, -0.2) is 0 Å². The molecule has 1 rings (SSSR count). The van der Waals surface area contributed by atoms with Crippen molar-refractivity contribution in [3.8, 4) is 0 Å². The Morgan fingerprint density at radius 3 is 3.00 bits per heavy atom. The van der Waals surface area contributed by atoms with Crippen molar-refractivity contribution < 1.29 is 4.79 Å². The summed E-state index contributed by atoms with van der Waals surface area (Å²) in [5.41, 5.74) is 4.99. The topological polar surface area (TPSA) is 85.8 Å². The number of primary amides is 1. The molecule has 0 radical (unpaired) electrons. The van der Waals surface area contributed by atoms with Gasteiger partial charge in [0.05, 0.1) is 12.6 Å². The SMILES string of the molecule is CC(NCC(N)=O)c1nncn1C. The van der Waals surface area contributed by atoms with Gasteiger partial charge in [0.2, 0.25) is 5.91 Å². The number of amides is 1. The summed E-state index contributed by atoms with van der Waals surface area (Å²) in [6.45, 7) is 2.04. The van der Waals surface area contributed by atoms with Crippen molar-refractivity contribution in [3.05, 3.63) is 12.2 Å². The molecule has 3 N–H and O–H groups in total. The van der Waals surface area contributed by atoms with Crippen LogP contribution in [-0.2, 0) is 11.8 Å². The molecule has 1 aromatic heterocycles. The third-order valence-electron chi connectivity index (χ3n) is 1.72. The van der Waals surface area contributed by atoms with E-state index in [1.54, 1.807) is 10.9 Å². The molecule has 0 saturated carbocycles. The van der Waals surface area contributed by atoms with Crippen LogP contribution in [0.15, 0.2) is 6.33 Å². The largest absolute Gasteiger partial charge is 0.369 e. The van der Waals surface area contributed by atoms with E-state index in [-0.39, 0.29) is 18.5 Å². The maximum absolute atomic E-state index is 10.5. The van der Waals surface area contributed by atoms with Gasteiger partial charge in [-0.2, -0.15) is 0 Å². The number of carbonyl (C=O) groups excluding carboxylic acids is 1. The number of aryl methyl sites for hydroxylation is 1. The highest BCUT2D eigenvalue weighted by atomic mass is 16.1. The molecule has 0 saturated heterocycles. The lowest BCUT2D eigenvalue weighted by Crippen LogP contribution is -2.31. The van der Waals surface area contributed by atoms with Crippen molar-refractivity contribution in [1.82, 2.24) is 20.1 Å². The minimum absolute atomic E-state index is 0.0278. The van der Waals surface area contributed by atoms with Gasteiger partial charge in [-0.15, -0.1) is 10.2 Å². The van der Waals surface area contributed by atoms with E-state index >= 15 is 0 Å². The summed E-state index contributed by atoms with van der Waals surface area (Å²) in [5.74, 6) is 0.398. The molecular weight excluding hydrogens is 170 g/mol. The quantitative estimate of drug-likeness (QED) is 0.623. The third kappa shape index (κ3) is 2.51. The zero-order chi connectivity index (χ0) is 9.84. The second-order valence-corrected chi connectivity index (χ2v) is 2.87. The zero-order valence-electron chi connectivity index (χ0n) is 7.69. The van der Waals surface area contributed by atoms with Crippen LogP contribution in [0.4, 0.5) is 0 Å². The van der Waals surface area contributed by atoms with Crippen molar-refractivity contribution in [3.63, 3.8) is 0 Å². The summed E-state index contributed by atoms with van der Waals surface area (Å²) in [6.07, 6.45) is 1.61. The molecule has 1 atom stereocenters. The van der Waals surface area contributed by atoms with Gasteiger partial charge in [0.15, 0.2) is 0 Å². The molecule has 0 fully saturated rings. The van der Waals surface area contributed by atoms with Crippen LogP contribution < -0.4 is 11.1 Å². The lowest BCUT2D eigenvalue weighted by Gasteiger charge is -2.10. The number of nitrogens with two attached hydrogens (primary N) is 1. The standard InChI is InChI=1S/C7H13N5O/c1-5(9-3-6(8)13)7-11-10-4-12(7)2/h4-5,9H,3H2,1-2H3,(H2,8,13). The summed E-state index contributed by atoms with van der Waals surface area (Å²) in [7, 11) is 1.85. The van der Waals surface area contributed by atoms with Gasteiger partial charge < -0.3 is 10.3 Å². The Labute approximate surface area is 76.1 Å². The second kappa shape index (κ2) is 3.99. The Balaban J connectivity index is 2.53. The van der Waals surface area contributed by atoms with Crippen molar-refractivity contribution >= 4 is 5.91 Å². The van der Waals surface area contributed by atoms with Gasteiger partial charge in [0.25, 0.3) is 0 Å². The molecule has 6 heteroatoms. The van der Waals surface area contributed by atoms with E-state index in [1.165, 1.54) is 0 Å². The minimum atomic E-state index is -0.381. The molecule has 0 aliphatic heterocycles.